The van der Waals surface area contributed by atoms with E-state index in [0.29, 0.717) is 6.61 Å². The van der Waals surface area contributed by atoms with Crippen molar-refractivity contribution in [1.82, 2.24) is 10.3 Å². The van der Waals surface area contributed by atoms with Crippen LogP contribution in [0.1, 0.15) is 17.5 Å². The molecule has 3 nitrogen and oxygen atoms in total. The van der Waals surface area contributed by atoms with Crippen molar-refractivity contribution in [3.8, 4) is 5.75 Å². The van der Waals surface area contributed by atoms with Gasteiger partial charge in [0.15, 0.2) is 0 Å². The van der Waals surface area contributed by atoms with Crippen LogP contribution in [0, 0.1) is 0 Å². The van der Waals surface area contributed by atoms with E-state index in [1.54, 1.807) is 0 Å². The van der Waals surface area contributed by atoms with Crippen molar-refractivity contribution in [3.63, 3.8) is 0 Å². The lowest BCUT2D eigenvalue weighted by Gasteiger charge is -2.14. The van der Waals surface area contributed by atoms with Crippen LogP contribution in [0.4, 0.5) is 0 Å². The molecular weight excluding hydrogens is 260 g/mol. The largest absolute Gasteiger partial charge is 0.493 e. The Morgan fingerprint density at radius 1 is 1.05 bits per heavy atom. The third-order valence-electron chi connectivity index (χ3n) is 3.70. The van der Waals surface area contributed by atoms with Gasteiger partial charge < -0.3 is 10.1 Å². The Morgan fingerprint density at radius 3 is 2.57 bits per heavy atom. The summed E-state index contributed by atoms with van der Waals surface area (Å²) in [5.74, 6) is 0.933. The molecule has 1 N–H and O–H groups in total. The molecule has 0 spiro atoms. The van der Waals surface area contributed by atoms with E-state index in [9.17, 15) is 0 Å². The summed E-state index contributed by atoms with van der Waals surface area (Å²) >= 11 is 0. The van der Waals surface area contributed by atoms with Gasteiger partial charge >= 0.3 is 0 Å². The van der Waals surface area contributed by atoms with Crippen molar-refractivity contribution in [2.45, 2.75) is 12.8 Å². The maximum Gasteiger partial charge on any atom is 0.119 e. The van der Waals surface area contributed by atoms with Gasteiger partial charge in [-0.1, -0.05) is 18.2 Å². The number of ether oxygens (including phenoxy) is 1. The smallest absolute Gasteiger partial charge is 0.119 e. The van der Waals surface area contributed by atoms with Gasteiger partial charge in [-0.3, -0.25) is 4.98 Å². The summed E-state index contributed by atoms with van der Waals surface area (Å²) in [5.41, 5.74) is 3.98. The molecule has 0 radical (unpaired) electrons. The molecule has 2 aromatic rings. The van der Waals surface area contributed by atoms with Crippen LogP contribution in [0.25, 0.3) is 5.57 Å². The van der Waals surface area contributed by atoms with Crippen molar-refractivity contribution in [2.24, 2.45) is 0 Å². The summed E-state index contributed by atoms with van der Waals surface area (Å²) in [4.78, 5) is 4.02. The number of pyridine rings is 1. The molecule has 1 aliphatic rings. The predicted octanol–water partition coefficient (Wildman–Crippen LogP) is 3.08. The molecule has 3 rings (SSSR count). The molecule has 0 amide bonds. The van der Waals surface area contributed by atoms with Crippen LogP contribution in [0.2, 0.25) is 0 Å². The highest BCUT2D eigenvalue weighted by molar-refractivity contribution is 5.67. The summed E-state index contributed by atoms with van der Waals surface area (Å²) in [5, 5.41) is 3.33. The lowest BCUT2D eigenvalue weighted by atomic mass is 10.0. The average Bonchev–Trinajstić information content (AvgIpc) is 2.57. The minimum absolute atomic E-state index is 0.690. The zero-order chi connectivity index (χ0) is 14.3. The SMILES string of the molecule is C1=C(c2ccc(OCCc3ccncc3)cc2)CCNC1. The van der Waals surface area contributed by atoms with E-state index < -0.39 is 0 Å². The molecule has 0 unspecified atom stereocenters. The van der Waals surface area contributed by atoms with Gasteiger partial charge in [0.25, 0.3) is 0 Å². The summed E-state index contributed by atoms with van der Waals surface area (Å²) in [6.07, 6.45) is 7.90. The first-order valence-electron chi connectivity index (χ1n) is 7.44. The third-order valence-corrected chi connectivity index (χ3v) is 3.70. The first-order chi connectivity index (χ1) is 10.4. The molecule has 0 saturated carbocycles. The Morgan fingerprint density at radius 2 is 1.86 bits per heavy atom. The van der Waals surface area contributed by atoms with Gasteiger partial charge in [0.05, 0.1) is 6.61 Å². The number of nitrogens with one attached hydrogen (secondary N) is 1. The summed E-state index contributed by atoms with van der Waals surface area (Å²) in [6.45, 7) is 2.73. The van der Waals surface area contributed by atoms with Crippen molar-refractivity contribution in [2.75, 3.05) is 19.7 Å². The van der Waals surface area contributed by atoms with Crippen molar-refractivity contribution < 1.29 is 4.74 Å². The maximum absolute atomic E-state index is 5.80. The van der Waals surface area contributed by atoms with Gasteiger partial charge in [-0.05, 0) is 53.9 Å². The molecule has 0 aliphatic carbocycles. The quantitative estimate of drug-likeness (QED) is 0.914. The number of benzene rings is 1. The average molecular weight is 280 g/mol. The second-order valence-corrected chi connectivity index (χ2v) is 5.16. The topological polar surface area (TPSA) is 34.1 Å². The van der Waals surface area contributed by atoms with Crippen LogP contribution in [0.15, 0.2) is 54.9 Å². The monoisotopic (exact) mass is 280 g/mol. The highest BCUT2D eigenvalue weighted by Crippen LogP contribution is 2.22. The van der Waals surface area contributed by atoms with Gasteiger partial charge in [0.1, 0.15) is 5.75 Å². The second-order valence-electron chi connectivity index (χ2n) is 5.16. The summed E-state index contributed by atoms with van der Waals surface area (Å²) in [6, 6.07) is 12.5. The number of aromatic nitrogens is 1. The molecule has 1 aromatic carbocycles. The van der Waals surface area contributed by atoms with Gasteiger partial charge in [-0.2, -0.15) is 0 Å². The fourth-order valence-corrected chi connectivity index (χ4v) is 2.49. The van der Waals surface area contributed by atoms with Gasteiger partial charge in [0.2, 0.25) is 0 Å². The predicted molar refractivity (Wildman–Crippen MR) is 85.3 cm³/mol. The third kappa shape index (κ3) is 3.92. The van der Waals surface area contributed by atoms with Crippen molar-refractivity contribution in [1.29, 1.82) is 0 Å². The Kier molecular flexibility index (Phi) is 4.64. The zero-order valence-electron chi connectivity index (χ0n) is 12.1. The highest BCUT2D eigenvalue weighted by Gasteiger charge is 2.05. The van der Waals surface area contributed by atoms with E-state index in [-0.39, 0.29) is 0 Å². The van der Waals surface area contributed by atoms with E-state index in [1.807, 2.05) is 24.5 Å². The second kappa shape index (κ2) is 7.04. The molecule has 0 saturated heterocycles. The Labute approximate surface area is 125 Å². The molecule has 0 atom stereocenters. The van der Waals surface area contributed by atoms with Crippen molar-refractivity contribution in [3.05, 3.63) is 66.0 Å². The molecule has 0 fully saturated rings. The van der Waals surface area contributed by atoms with Crippen LogP contribution >= 0.6 is 0 Å². The number of rotatable bonds is 5. The lowest BCUT2D eigenvalue weighted by molar-refractivity contribution is 0.322. The van der Waals surface area contributed by atoms with Crippen LogP contribution in [-0.4, -0.2) is 24.7 Å². The van der Waals surface area contributed by atoms with Crippen LogP contribution in [0.3, 0.4) is 0 Å². The van der Waals surface area contributed by atoms with Crippen LogP contribution in [-0.2, 0) is 6.42 Å². The molecule has 1 aromatic heterocycles. The van der Waals surface area contributed by atoms with Gasteiger partial charge in [-0.25, -0.2) is 0 Å². The lowest BCUT2D eigenvalue weighted by Crippen LogP contribution is -2.19. The van der Waals surface area contributed by atoms with Gasteiger partial charge in [0, 0.05) is 25.4 Å². The normalized spacial score (nSPS) is 14.6. The maximum atomic E-state index is 5.80. The Bertz CT molecular complexity index is 590. The molecule has 108 valence electrons. The fraction of sp³-hybridized carbons (Fsp3) is 0.278. The molecule has 1 aliphatic heterocycles. The molecule has 2 heterocycles. The molecular formula is C18H20N2O. The first kappa shape index (κ1) is 13.8. The van der Waals surface area contributed by atoms with E-state index in [4.69, 9.17) is 4.74 Å². The standard InChI is InChI=1S/C18H20N2O/c1-3-18(21-14-9-15-5-10-19-11-6-15)4-2-16(1)17-7-12-20-13-8-17/h1-7,10-11,20H,8-9,12-14H2. The summed E-state index contributed by atoms with van der Waals surface area (Å²) < 4.78 is 5.80. The molecule has 21 heavy (non-hydrogen) atoms. The molecule has 0 bridgehead atoms. The van der Waals surface area contributed by atoms with E-state index in [0.717, 1.165) is 31.7 Å². The highest BCUT2D eigenvalue weighted by atomic mass is 16.5. The van der Waals surface area contributed by atoms with E-state index in [2.05, 4.69) is 40.6 Å². The van der Waals surface area contributed by atoms with Crippen molar-refractivity contribution >= 4 is 5.57 Å². The van der Waals surface area contributed by atoms with Crippen LogP contribution in [0.5, 0.6) is 5.75 Å². The Hall–Kier alpha value is -2.13. The number of hydrogen-bond donors (Lipinski definition) is 1. The zero-order valence-corrected chi connectivity index (χ0v) is 12.1. The fourth-order valence-electron chi connectivity index (χ4n) is 2.49. The van der Waals surface area contributed by atoms with E-state index >= 15 is 0 Å². The minimum Gasteiger partial charge on any atom is -0.493 e. The molecule has 3 heteroatoms. The summed E-state index contributed by atoms with van der Waals surface area (Å²) in [7, 11) is 0. The Balaban J connectivity index is 1.54. The number of hydrogen-bond acceptors (Lipinski definition) is 3. The van der Waals surface area contributed by atoms with Gasteiger partial charge in [-0.15, -0.1) is 0 Å². The minimum atomic E-state index is 0.690. The van der Waals surface area contributed by atoms with Crippen LogP contribution < -0.4 is 10.1 Å². The first-order valence-corrected chi connectivity index (χ1v) is 7.44. The number of nitrogens with zero attached hydrogens (tertiary/aromatic N) is 1. The van der Waals surface area contributed by atoms with E-state index in [1.165, 1.54) is 16.7 Å².